The van der Waals surface area contributed by atoms with Gasteiger partial charge in [-0.3, -0.25) is 14.4 Å². The Morgan fingerprint density at radius 1 is 1.29 bits per heavy atom. The third-order valence-corrected chi connectivity index (χ3v) is 5.10. The fourth-order valence-corrected chi connectivity index (χ4v) is 3.67. The normalized spacial score (nSPS) is 17.0. The highest BCUT2D eigenvalue weighted by atomic mass is 16.4. The van der Waals surface area contributed by atoms with Crippen molar-refractivity contribution in [2.45, 2.75) is 45.2 Å². The molecule has 3 amide bonds. The first-order chi connectivity index (χ1) is 14.8. The zero-order chi connectivity index (χ0) is 22.5. The Balaban J connectivity index is 1.78. The lowest BCUT2D eigenvalue weighted by Crippen LogP contribution is -2.53. The van der Waals surface area contributed by atoms with Gasteiger partial charge in [0.1, 0.15) is 12.1 Å². The molecule has 2 atom stereocenters. The molecule has 1 aromatic heterocycles. The van der Waals surface area contributed by atoms with Crippen molar-refractivity contribution < 1.29 is 18.8 Å². The minimum absolute atomic E-state index is 0.0833. The van der Waals surface area contributed by atoms with Gasteiger partial charge in [0.05, 0.1) is 17.4 Å². The second-order valence-electron chi connectivity index (χ2n) is 8.03. The maximum Gasteiger partial charge on any atom is 0.348 e. The SMILES string of the molecule is CC(C)C[C@H](NC(=O)[C@@H]1CCCN1c1nc2ccccc2c(=O)o1)C(=O)NCC(N)=O. The lowest BCUT2D eigenvalue weighted by atomic mass is 10.0. The lowest BCUT2D eigenvalue weighted by Gasteiger charge is -2.26. The average Bonchev–Trinajstić information content (AvgIpc) is 3.21. The fourth-order valence-electron chi connectivity index (χ4n) is 3.67. The van der Waals surface area contributed by atoms with Gasteiger partial charge in [0.15, 0.2) is 0 Å². The summed E-state index contributed by atoms with van der Waals surface area (Å²) < 4.78 is 5.39. The van der Waals surface area contributed by atoms with Gasteiger partial charge < -0.3 is 25.7 Å². The molecule has 0 bridgehead atoms. The Bertz CT molecular complexity index is 1030. The van der Waals surface area contributed by atoms with Crippen molar-refractivity contribution in [3.63, 3.8) is 0 Å². The third kappa shape index (κ3) is 5.39. The molecule has 2 aromatic rings. The van der Waals surface area contributed by atoms with Crippen LogP contribution < -0.4 is 26.9 Å². The smallest absolute Gasteiger partial charge is 0.348 e. The molecule has 10 heteroatoms. The molecule has 10 nitrogen and oxygen atoms in total. The van der Waals surface area contributed by atoms with Crippen LogP contribution in [-0.4, -0.2) is 47.9 Å². The van der Waals surface area contributed by atoms with E-state index in [1.54, 1.807) is 29.2 Å². The molecular formula is C21H27N5O5. The monoisotopic (exact) mass is 429 g/mol. The average molecular weight is 429 g/mol. The van der Waals surface area contributed by atoms with E-state index in [0.717, 1.165) is 0 Å². The van der Waals surface area contributed by atoms with E-state index in [1.807, 2.05) is 13.8 Å². The number of nitrogens with one attached hydrogen (secondary N) is 2. The van der Waals surface area contributed by atoms with Crippen LogP contribution in [0.1, 0.15) is 33.1 Å². The summed E-state index contributed by atoms with van der Waals surface area (Å²) in [7, 11) is 0. The Labute approximate surface area is 179 Å². The van der Waals surface area contributed by atoms with Crippen LogP contribution in [0.25, 0.3) is 10.9 Å². The zero-order valence-electron chi connectivity index (χ0n) is 17.6. The second-order valence-corrected chi connectivity index (χ2v) is 8.03. The fraction of sp³-hybridized carbons (Fsp3) is 0.476. The molecule has 1 saturated heterocycles. The number of primary amides is 1. The van der Waals surface area contributed by atoms with E-state index in [9.17, 15) is 19.2 Å². The Morgan fingerprint density at radius 2 is 2.03 bits per heavy atom. The molecule has 1 fully saturated rings. The predicted molar refractivity (Wildman–Crippen MR) is 114 cm³/mol. The maximum atomic E-state index is 13.0. The van der Waals surface area contributed by atoms with Crippen LogP contribution in [-0.2, 0) is 14.4 Å². The van der Waals surface area contributed by atoms with Gasteiger partial charge in [-0.05, 0) is 37.3 Å². The summed E-state index contributed by atoms with van der Waals surface area (Å²) in [4.78, 5) is 54.9. The first-order valence-corrected chi connectivity index (χ1v) is 10.3. The molecule has 31 heavy (non-hydrogen) atoms. The van der Waals surface area contributed by atoms with Crippen LogP contribution in [0.4, 0.5) is 6.01 Å². The Kier molecular flexibility index (Phi) is 6.88. The van der Waals surface area contributed by atoms with Gasteiger partial charge in [0, 0.05) is 6.54 Å². The van der Waals surface area contributed by atoms with Gasteiger partial charge >= 0.3 is 11.6 Å². The van der Waals surface area contributed by atoms with E-state index in [-0.39, 0.29) is 24.4 Å². The van der Waals surface area contributed by atoms with Crippen LogP contribution in [0.15, 0.2) is 33.5 Å². The van der Waals surface area contributed by atoms with Crippen LogP contribution in [0.2, 0.25) is 0 Å². The van der Waals surface area contributed by atoms with Crippen molar-refractivity contribution in [2.24, 2.45) is 11.7 Å². The number of aromatic nitrogens is 1. The van der Waals surface area contributed by atoms with E-state index < -0.39 is 29.5 Å². The molecule has 0 unspecified atom stereocenters. The van der Waals surface area contributed by atoms with E-state index in [0.29, 0.717) is 36.7 Å². The maximum absolute atomic E-state index is 13.0. The number of fused-ring (bicyclic) bond motifs is 1. The molecule has 1 aliphatic heterocycles. The van der Waals surface area contributed by atoms with Crippen molar-refractivity contribution in [1.82, 2.24) is 15.6 Å². The number of para-hydroxylation sites is 1. The number of amides is 3. The number of anilines is 1. The molecule has 4 N–H and O–H groups in total. The highest BCUT2D eigenvalue weighted by Gasteiger charge is 2.35. The van der Waals surface area contributed by atoms with E-state index in [2.05, 4.69) is 15.6 Å². The number of rotatable bonds is 8. The van der Waals surface area contributed by atoms with Crippen molar-refractivity contribution in [3.05, 3.63) is 34.7 Å². The second kappa shape index (κ2) is 9.59. The molecule has 0 aliphatic carbocycles. The van der Waals surface area contributed by atoms with Crippen LogP contribution in [0.5, 0.6) is 0 Å². The van der Waals surface area contributed by atoms with Crippen molar-refractivity contribution in [3.8, 4) is 0 Å². The summed E-state index contributed by atoms with van der Waals surface area (Å²) in [5, 5.41) is 5.58. The molecule has 0 radical (unpaired) electrons. The van der Waals surface area contributed by atoms with Gasteiger partial charge in [0.2, 0.25) is 17.7 Å². The quantitative estimate of drug-likeness (QED) is 0.546. The van der Waals surface area contributed by atoms with Gasteiger partial charge in [0.25, 0.3) is 0 Å². The van der Waals surface area contributed by atoms with Crippen LogP contribution in [0.3, 0.4) is 0 Å². The Morgan fingerprint density at radius 3 is 2.74 bits per heavy atom. The van der Waals surface area contributed by atoms with Crippen molar-refractivity contribution in [2.75, 3.05) is 18.0 Å². The summed E-state index contributed by atoms with van der Waals surface area (Å²) >= 11 is 0. The number of nitrogens with zero attached hydrogens (tertiary/aromatic N) is 2. The van der Waals surface area contributed by atoms with Gasteiger partial charge in [-0.2, -0.15) is 4.98 Å². The van der Waals surface area contributed by atoms with E-state index in [1.165, 1.54) is 0 Å². The predicted octanol–water partition coefficient (Wildman–Crippen LogP) is 0.289. The minimum Gasteiger partial charge on any atom is -0.389 e. The molecule has 2 heterocycles. The summed E-state index contributed by atoms with van der Waals surface area (Å²) in [6.07, 6.45) is 1.63. The summed E-state index contributed by atoms with van der Waals surface area (Å²) in [6.45, 7) is 4.05. The standard InChI is InChI=1S/C21H27N5O5/c1-12(2)10-15(18(28)23-11-17(22)27)24-19(29)16-8-5-9-26(16)21-25-14-7-4-3-6-13(14)20(30)31-21/h3-4,6-7,12,15-16H,5,8-11H2,1-2H3,(H2,22,27)(H,23,28)(H,24,29)/t15-,16-/m0/s1. The number of hydrogen-bond acceptors (Lipinski definition) is 7. The van der Waals surface area contributed by atoms with E-state index >= 15 is 0 Å². The molecule has 0 saturated carbocycles. The molecule has 1 aromatic carbocycles. The number of carbonyl (C=O) groups excluding carboxylic acids is 3. The van der Waals surface area contributed by atoms with Gasteiger partial charge in [-0.15, -0.1) is 0 Å². The van der Waals surface area contributed by atoms with Gasteiger partial charge in [-0.1, -0.05) is 26.0 Å². The highest BCUT2D eigenvalue weighted by molar-refractivity contribution is 5.93. The minimum atomic E-state index is -0.814. The molecule has 3 rings (SSSR count). The zero-order valence-corrected chi connectivity index (χ0v) is 17.6. The first kappa shape index (κ1) is 22.3. The Hall–Kier alpha value is -3.43. The molecule has 166 valence electrons. The molecule has 0 spiro atoms. The van der Waals surface area contributed by atoms with Crippen molar-refractivity contribution >= 4 is 34.6 Å². The number of hydrogen-bond donors (Lipinski definition) is 3. The first-order valence-electron chi connectivity index (χ1n) is 10.3. The van der Waals surface area contributed by atoms with Crippen LogP contribution in [0, 0.1) is 5.92 Å². The lowest BCUT2D eigenvalue weighted by molar-refractivity contribution is -0.130. The highest BCUT2D eigenvalue weighted by Crippen LogP contribution is 2.25. The number of benzene rings is 1. The van der Waals surface area contributed by atoms with Crippen LogP contribution >= 0.6 is 0 Å². The third-order valence-electron chi connectivity index (χ3n) is 5.10. The summed E-state index contributed by atoms with van der Waals surface area (Å²) in [6, 6.07) is 5.48. The summed E-state index contributed by atoms with van der Waals surface area (Å²) in [5.74, 6) is -1.37. The topological polar surface area (TPSA) is 148 Å². The summed E-state index contributed by atoms with van der Waals surface area (Å²) in [5.41, 5.74) is 5.06. The van der Waals surface area contributed by atoms with Crippen molar-refractivity contribution in [1.29, 1.82) is 0 Å². The number of nitrogens with two attached hydrogens (primary N) is 1. The largest absolute Gasteiger partial charge is 0.389 e. The van der Waals surface area contributed by atoms with E-state index in [4.69, 9.17) is 10.2 Å². The molecule has 1 aliphatic rings. The van der Waals surface area contributed by atoms with Gasteiger partial charge in [-0.25, -0.2) is 4.79 Å². The number of carbonyl (C=O) groups is 3. The molecular weight excluding hydrogens is 402 g/mol.